The topological polar surface area (TPSA) is 56.2 Å². The van der Waals surface area contributed by atoms with Gasteiger partial charge < -0.3 is 10.1 Å². The van der Waals surface area contributed by atoms with Crippen molar-refractivity contribution in [3.63, 3.8) is 0 Å². The Morgan fingerprint density at radius 2 is 2.15 bits per heavy atom. The molecule has 7 heteroatoms. The van der Waals surface area contributed by atoms with Crippen molar-refractivity contribution in [2.75, 3.05) is 13.2 Å². The lowest BCUT2D eigenvalue weighted by Gasteiger charge is -2.08. The first-order chi connectivity index (χ1) is 12.5. The third kappa shape index (κ3) is 4.87. The SMILES string of the molecule is Cc1nn(Cc2ccc(Cl)cc2)c(Cl)c1/C=C/C(=O)NCC1CCCO1. The first-order valence-electron chi connectivity index (χ1n) is 8.58. The zero-order valence-corrected chi connectivity index (χ0v) is 16.1. The van der Waals surface area contributed by atoms with Crippen molar-refractivity contribution in [1.82, 2.24) is 15.1 Å². The van der Waals surface area contributed by atoms with E-state index in [9.17, 15) is 4.79 Å². The van der Waals surface area contributed by atoms with E-state index in [0.29, 0.717) is 23.3 Å². The molecular formula is C19H21Cl2N3O2. The standard InChI is InChI=1S/C19H21Cl2N3O2/c1-13-17(8-9-18(25)22-11-16-3-2-10-26-16)19(21)24(23-13)12-14-4-6-15(20)7-5-14/h4-9,16H,2-3,10-12H2,1H3,(H,22,25)/b9-8+. The molecule has 1 aromatic heterocycles. The van der Waals surface area contributed by atoms with Crippen LogP contribution < -0.4 is 5.32 Å². The molecule has 138 valence electrons. The molecule has 0 aliphatic carbocycles. The molecule has 0 spiro atoms. The molecule has 1 aromatic carbocycles. The number of aromatic nitrogens is 2. The minimum atomic E-state index is -0.165. The zero-order chi connectivity index (χ0) is 18.5. The van der Waals surface area contributed by atoms with E-state index in [0.717, 1.165) is 36.3 Å². The summed E-state index contributed by atoms with van der Waals surface area (Å²) < 4.78 is 7.20. The first-order valence-corrected chi connectivity index (χ1v) is 9.33. The van der Waals surface area contributed by atoms with E-state index in [-0.39, 0.29) is 12.0 Å². The molecule has 1 fully saturated rings. The molecule has 2 aromatic rings. The first kappa shape index (κ1) is 19.0. The van der Waals surface area contributed by atoms with Gasteiger partial charge in [-0.15, -0.1) is 0 Å². The molecule has 26 heavy (non-hydrogen) atoms. The molecule has 2 heterocycles. The summed E-state index contributed by atoms with van der Waals surface area (Å²) in [7, 11) is 0. The van der Waals surface area contributed by atoms with E-state index >= 15 is 0 Å². The molecule has 1 saturated heterocycles. The van der Waals surface area contributed by atoms with Gasteiger partial charge in [0.25, 0.3) is 0 Å². The van der Waals surface area contributed by atoms with E-state index in [2.05, 4.69) is 10.4 Å². The fraction of sp³-hybridized carbons (Fsp3) is 0.368. The number of nitrogens with zero attached hydrogens (tertiary/aromatic N) is 2. The number of rotatable bonds is 6. The van der Waals surface area contributed by atoms with Crippen LogP contribution in [0.4, 0.5) is 0 Å². The second kappa shape index (κ2) is 8.71. The van der Waals surface area contributed by atoms with Gasteiger partial charge in [0, 0.05) is 29.8 Å². The summed E-state index contributed by atoms with van der Waals surface area (Å²) in [4.78, 5) is 12.0. The second-order valence-corrected chi connectivity index (χ2v) is 7.08. The molecular weight excluding hydrogens is 373 g/mol. The van der Waals surface area contributed by atoms with Gasteiger partial charge in [-0.1, -0.05) is 35.3 Å². The van der Waals surface area contributed by atoms with E-state index in [1.807, 2.05) is 31.2 Å². The van der Waals surface area contributed by atoms with Gasteiger partial charge in [0.15, 0.2) is 0 Å². The van der Waals surface area contributed by atoms with Crippen molar-refractivity contribution >= 4 is 35.2 Å². The van der Waals surface area contributed by atoms with Crippen LogP contribution in [0.25, 0.3) is 6.08 Å². The predicted molar refractivity (Wildman–Crippen MR) is 104 cm³/mol. The van der Waals surface area contributed by atoms with Crippen molar-refractivity contribution < 1.29 is 9.53 Å². The molecule has 3 rings (SSSR count). The number of carbonyl (C=O) groups excluding carboxylic acids is 1. The van der Waals surface area contributed by atoms with Crippen LogP contribution in [0, 0.1) is 6.92 Å². The number of amides is 1. The number of halogens is 2. The lowest BCUT2D eigenvalue weighted by Crippen LogP contribution is -2.30. The minimum absolute atomic E-state index is 0.125. The fourth-order valence-electron chi connectivity index (χ4n) is 2.86. The Kier molecular flexibility index (Phi) is 6.35. The molecule has 1 amide bonds. The summed E-state index contributed by atoms with van der Waals surface area (Å²) in [6, 6.07) is 7.54. The monoisotopic (exact) mass is 393 g/mol. The van der Waals surface area contributed by atoms with Crippen LogP contribution in [0.15, 0.2) is 30.3 Å². The number of benzene rings is 1. The Morgan fingerprint density at radius 1 is 1.38 bits per heavy atom. The molecule has 0 saturated carbocycles. The minimum Gasteiger partial charge on any atom is -0.376 e. The molecule has 5 nitrogen and oxygen atoms in total. The smallest absolute Gasteiger partial charge is 0.244 e. The van der Waals surface area contributed by atoms with Gasteiger partial charge in [-0.25, -0.2) is 4.68 Å². The Hall–Kier alpha value is -1.82. The van der Waals surface area contributed by atoms with Gasteiger partial charge in [0.2, 0.25) is 5.91 Å². The normalized spacial score (nSPS) is 17.1. The largest absolute Gasteiger partial charge is 0.376 e. The maximum Gasteiger partial charge on any atom is 0.244 e. The van der Waals surface area contributed by atoms with Crippen molar-refractivity contribution in [3.05, 3.63) is 57.3 Å². The van der Waals surface area contributed by atoms with Crippen LogP contribution in [0.1, 0.15) is 29.7 Å². The number of hydrogen-bond acceptors (Lipinski definition) is 3. The van der Waals surface area contributed by atoms with E-state index in [1.165, 1.54) is 6.08 Å². The van der Waals surface area contributed by atoms with Crippen LogP contribution >= 0.6 is 23.2 Å². The van der Waals surface area contributed by atoms with E-state index in [4.69, 9.17) is 27.9 Å². The average molecular weight is 394 g/mol. The molecule has 1 unspecified atom stereocenters. The molecule has 1 aliphatic rings. The summed E-state index contributed by atoms with van der Waals surface area (Å²) in [5, 5.41) is 8.51. The number of nitrogens with one attached hydrogen (secondary N) is 1. The van der Waals surface area contributed by atoms with Gasteiger partial charge in [0.05, 0.1) is 18.3 Å². The van der Waals surface area contributed by atoms with Crippen LogP contribution in [-0.2, 0) is 16.1 Å². The van der Waals surface area contributed by atoms with E-state index in [1.54, 1.807) is 10.8 Å². The zero-order valence-electron chi connectivity index (χ0n) is 14.5. The van der Waals surface area contributed by atoms with Gasteiger partial charge >= 0.3 is 0 Å². The Bertz CT molecular complexity index is 794. The lowest BCUT2D eigenvalue weighted by atomic mass is 10.2. The third-order valence-electron chi connectivity index (χ3n) is 4.28. The highest BCUT2D eigenvalue weighted by Gasteiger charge is 2.16. The molecule has 1 N–H and O–H groups in total. The molecule has 1 atom stereocenters. The highest BCUT2D eigenvalue weighted by Crippen LogP contribution is 2.22. The van der Waals surface area contributed by atoms with Crippen molar-refractivity contribution in [3.8, 4) is 0 Å². The highest BCUT2D eigenvalue weighted by molar-refractivity contribution is 6.31. The van der Waals surface area contributed by atoms with Crippen LogP contribution in [0.3, 0.4) is 0 Å². The summed E-state index contributed by atoms with van der Waals surface area (Å²) in [6.45, 7) is 3.72. The van der Waals surface area contributed by atoms with Crippen LogP contribution in [0.5, 0.6) is 0 Å². The summed E-state index contributed by atoms with van der Waals surface area (Å²) in [5.74, 6) is -0.165. The highest BCUT2D eigenvalue weighted by atomic mass is 35.5. The molecule has 0 radical (unpaired) electrons. The predicted octanol–water partition coefficient (Wildman–Crippen LogP) is 3.86. The van der Waals surface area contributed by atoms with Crippen molar-refractivity contribution in [2.45, 2.75) is 32.4 Å². The summed E-state index contributed by atoms with van der Waals surface area (Å²) in [6.07, 6.45) is 5.36. The summed E-state index contributed by atoms with van der Waals surface area (Å²) in [5.41, 5.74) is 2.56. The second-order valence-electron chi connectivity index (χ2n) is 6.29. The average Bonchev–Trinajstić information content (AvgIpc) is 3.23. The lowest BCUT2D eigenvalue weighted by molar-refractivity contribution is -0.116. The maximum absolute atomic E-state index is 12.0. The van der Waals surface area contributed by atoms with Crippen LogP contribution in [-0.4, -0.2) is 34.9 Å². The Balaban J connectivity index is 1.63. The van der Waals surface area contributed by atoms with Gasteiger partial charge in [-0.2, -0.15) is 5.10 Å². The number of ether oxygens (including phenoxy) is 1. The fourth-order valence-corrected chi connectivity index (χ4v) is 3.29. The van der Waals surface area contributed by atoms with Gasteiger partial charge in [-0.05, 0) is 43.5 Å². The number of carbonyl (C=O) groups is 1. The third-order valence-corrected chi connectivity index (χ3v) is 4.93. The number of hydrogen-bond donors (Lipinski definition) is 1. The van der Waals surface area contributed by atoms with Gasteiger partial charge in [-0.3, -0.25) is 4.79 Å². The van der Waals surface area contributed by atoms with Crippen molar-refractivity contribution in [2.24, 2.45) is 0 Å². The van der Waals surface area contributed by atoms with E-state index < -0.39 is 0 Å². The Morgan fingerprint density at radius 3 is 2.85 bits per heavy atom. The maximum atomic E-state index is 12.0. The quantitative estimate of drug-likeness (QED) is 0.758. The number of aryl methyl sites for hydroxylation is 1. The Labute approximate surface area is 162 Å². The van der Waals surface area contributed by atoms with Crippen LogP contribution in [0.2, 0.25) is 10.2 Å². The van der Waals surface area contributed by atoms with Crippen molar-refractivity contribution in [1.29, 1.82) is 0 Å². The molecule has 0 bridgehead atoms. The molecule has 1 aliphatic heterocycles. The summed E-state index contributed by atoms with van der Waals surface area (Å²) >= 11 is 12.4. The van der Waals surface area contributed by atoms with Gasteiger partial charge in [0.1, 0.15) is 5.15 Å².